The van der Waals surface area contributed by atoms with Crippen LogP contribution in [0.1, 0.15) is 20.3 Å². The fourth-order valence-corrected chi connectivity index (χ4v) is 6.45. The van der Waals surface area contributed by atoms with Crippen LogP contribution in [-0.2, 0) is 37.3 Å². The van der Waals surface area contributed by atoms with Crippen molar-refractivity contribution in [3.63, 3.8) is 0 Å². The van der Waals surface area contributed by atoms with Crippen LogP contribution in [0.5, 0.6) is 0 Å². The first-order valence-corrected chi connectivity index (χ1v) is 14.4. The van der Waals surface area contributed by atoms with Crippen LogP contribution in [0.15, 0.2) is 24.3 Å². The van der Waals surface area contributed by atoms with Gasteiger partial charge in [0.2, 0.25) is 0 Å². The Morgan fingerprint density at radius 3 is 2.42 bits per heavy atom. The second-order valence-electron chi connectivity index (χ2n) is 7.85. The van der Waals surface area contributed by atoms with Crippen molar-refractivity contribution in [2.75, 3.05) is 12.3 Å². The van der Waals surface area contributed by atoms with Crippen LogP contribution < -0.4 is 5.73 Å². The summed E-state index contributed by atoms with van der Waals surface area (Å²) in [6.45, 7) is 2.55. The number of hydrogen-bond acceptors (Lipinski definition) is 13. The molecule has 21 heteroatoms. The average molecular weight is 575 g/mol. The number of anilines is 1. The lowest BCUT2D eigenvalue weighted by atomic mass is 9.98. The molecule has 0 radical (unpaired) electrons. The second kappa shape index (κ2) is 10.3. The summed E-state index contributed by atoms with van der Waals surface area (Å²) in [6, 6.07) is 0. The van der Waals surface area contributed by atoms with Gasteiger partial charge in [-0.15, -0.1) is 0 Å². The number of imidazole rings is 1. The van der Waals surface area contributed by atoms with Crippen LogP contribution in [0.3, 0.4) is 0 Å². The lowest BCUT2D eigenvalue weighted by molar-refractivity contribution is -0.142. The van der Waals surface area contributed by atoms with E-state index in [1.807, 2.05) is 0 Å². The fourth-order valence-electron chi connectivity index (χ4n) is 3.42. The van der Waals surface area contributed by atoms with Crippen LogP contribution in [0.2, 0.25) is 0 Å². The molecule has 36 heavy (non-hydrogen) atoms. The van der Waals surface area contributed by atoms with Crippen molar-refractivity contribution in [3.05, 3.63) is 24.3 Å². The Kier molecular flexibility index (Phi) is 8.26. The van der Waals surface area contributed by atoms with E-state index in [-0.39, 0.29) is 23.4 Å². The molecule has 0 saturated carbocycles. The summed E-state index contributed by atoms with van der Waals surface area (Å²) >= 11 is 0. The van der Waals surface area contributed by atoms with Gasteiger partial charge in [0.15, 0.2) is 17.2 Å². The van der Waals surface area contributed by atoms with Gasteiger partial charge in [-0.2, -0.15) is 8.62 Å². The Balaban J connectivity index is 1.88. The zero-order valence-electron chi connectivity index (χ0n) is 18.6. The molecule has 0 amide bonds. The number of hydrogen-bond donors (Lipinski definition) is 7. The molecule has 0 spiro atoms. The van der Waals surface area contributed by atoms with Gasteiger partial charge >= 0.3 is 23.5 Å². The highest BCUT2D eigenvalue weighted by Gasteiger charge is 2.56. The number of ether oxygens (including phenoxy) is 1. The summed E-state index contributed by atoms with van der Waals surface area (Å²) in [5.41, 5.74) is 5.19. The van der Waals surface area contributed by atoms with E-state index in [4.69, 9.17) is 20.3 Å². The number of phosphoric ester groups is 1. The predicted octanol–water partition coefficient (Wildman–Crippen LogP) is -0.119. The molecule has 2 aromatic rings. The third-order valence-corrected chi connectivity index (χ3v) is 8.71. The molecule has 202 valence electrons. The summed E-state index contributed by atoms with van der Waals surface area (Å²) < 4.78 is 53.4. The largest absolute Gasteiger partial charge is 0.490 e. The molecule has 6 atom stereocenters. The SMILES string of the molecule is CC(C)=CC[C@@]1(n2cnc3c(N)ncnc32)O[C@H](COP(=O)(O)OP(=O)(O)OP(=O)(O)O)[C@@H](O)[C@H]1O. The molecule has 3 heterocycles. The van der Waals surface area contributed by atoms with E-state index >= 15 is 0 Å². The number of fused-ring (bicyclic) bond motifs is 1. The first-order valence-electron chi connectivity index (χ1n) is 9.86. The van der Waals surface area contributed by atoms with Gasteiger partial charge in [0.05, 0.1) is 12.9 Å². The van der Waals surface area contributed by atoms with Crippen molar-refractivity contribution in [2.45, 2.75) is 44.3 Å². The van der Waals surface area contributed by atoms with Gasteiger partial charge in [-0.3, -0.25) is 9.09 Å². The van der Waals surface area contributed by atoms with E-state index in [1.54, 1.807) is 19.9 Å². The number of phosphoric acid groups is 3. The van der Waals surface area contributed by atoms with E-state index in [1.165, 1.54) is 10.9 Å². The van der Waals surface area contributed by atoms with Crippen molar-refractivity contribution < 1.29 is 61.4 Å². The highest BCUT2D eigenvalue weighted by Crippen LogP contribution is 2.66. The maximum absolute atomic E-state index is 12.1. The lowest BCUT2D eigenvalue weighted by Gasteiger charge is -2.33. The number of nitrogen functional groups attached to an aromatic ring is 1. The van der Waals surface area contributed by atoms with Crippen LogP contribution in [0.4, 0.5) is 5.82 Å². The topological polar surface area (TPSA) is 279 Å². The van der Waals surface area contributed by atoms with Crippen molar-refractivity contribution >= 4 is 40.4 Å². The average Bonchev–Trinajstić information content (AvgIpc) is 3.25. The van der Waals surface area contributed by atoms with Crippen LogP contribution >= 0.6 is 23.5 Å². The third-order valence-electron chi connectivity index (χ3n) is 4.91. The minimum atomic E-state index is -5.74. The van der Waals surface area contributed by atoms with Gasteiger partial charge in [0.1, 0.15) is 30.2 Å². The zero-order valence-corrected chi connectivity index (χ0v) is 21.3. The van der Waals surface area contributed by atoms with E-state index in [2.05, 4.69) is 28.1 Å². The van der Waals surface area contributed by atoms with Gasteiger partial charge < -0.3 is 40.3 Å². The minimum absolute atomic E-state index is 0.0355. The van der Waals surface area contributed by atoms with Gasteiger partial charge in [-0.05, 0) is 13.8 Å². The van der Waals surface area contributed by atoms with Crippen molar-refractivity contribution in [3.8, 4) is 0 Å². The Hall–Kier alpha value is -1.62. The Labute approximate surface area is 202 Å². The number of aromatic nitrogens is 4. The highest BCUT2D eigenvalue weighted by molar-refractivity contribution is 7.66. The second-order valence-corrected chi connectivity index (χ2v) is 12.3. The lowest BCUT2D eigenvalue weighted by Crippen LogP contribution is -2.45. The molecular weight excluding hydrogens is 551 g/mol. The molecule has 1 aliphatic rings. The first-order chi connectivity index (χ1) is 16.5. The first kappa shape index (κ1) is 28.9. The molecule has 1 fully saturated rings. The molecule has 2 aromatic heterocycles. The quantitative estimate of drug-likeness (QED) is 0.144. The maximum Gasteiger partial charge on any atom is 0.490 e. The van der Waals surface area contributed by atoms with Crippen LogP contribution in [0, 0.1) is 0 Å². The molecule has 1 saturated heterocycles. The number of aliphatic hydroxyl groups excluding tert-OH is 2. The molecule has 3 rings (SSSR count). The number of aliphatic hydroxyl groups is 2. The Morgan fingerprint density at radius 2 is 1.81 bits per heavy atom. The Bertz CT molecular complexity index is 1290. The number of nitrogens with zero attached hydrogens (tertiary/aromatic N) is 4. The Morgan fingerprint density at radius 1 is 1.14 bits per heavy atom. The van der Waals surface area contributed by atoms with Gasteiger partial charge in [0, 0.05) is 6.42 Å². The number of rotatable bonds is 10. The van der Waals surface area contributed by atoms with E-state index < -0.39 is 54.1 Å². The third kappa shape index (κ3) is 6.44. The summed E-state index contributed by atoms with van der Waals surface area (Å²) in [5, 5.41) is 21.7. The monoisotopic (exact) mass is 575 g/mol. The molecule has 8 N–H and O–H groups in total. The molecule has 0 aliphatic carbocycles. The summed E-state index contributed by atoms with van der Waals surface area (Å²) in [5.74, 6) is 0.0355. The molecule has 2 unspecified atom stereocenters. The van der Waals surface area contributed by atoms with Gasteiger partial charge in [0.25, 0.3) is 0 Å². The normalized spacial score (nSPS) is 28.1. The standard InChI is InChI=1S/C15H24N5O13P3/c1-8(2)3-4-15(20-7-19-10-13(16)17-6-18-14(10)20)12(22)11(21)9(31-15)5-30-35(26,27)33-36(28,29)32-34(23,24)25/h3,6-7,9,11-12,21-22H,4-5H2,1-2H3,(H,26,27)(H,28,29)(H2,16,17,18)(H2,23,24,25)/t9-,11-,12-,15-/m1/s1. The summed E-state index contributed by atoms with van der Waals surface area (Å²) in [4.78, 5) is 48.2. The minimum Gasteiger partial charge on any atom is -0.387 e. The molecule has 0 aromatic carbocycles. The van der Waals surface area contributed by atoms with Gasteiger partial charge in [-0.25, -0.2) is 28.6 Å². The van der Waals surface area contributed by atoms with Crippen molar-refractivity contribution in [2.24, 2.45) is 0 Å². The van der Waals surface area contributed by atoms with E-state index in [0.717, 1.165) is 11.9 Å². The maximum atomic E-state index is 12.1. The number of allylic oxidation sites excluding steroid dienone is 1. The molecule has 1 aliphatic heterocycles. The molecular formula is C15H24N5O13P3. The zero-order chi connectivity index (χ0) is 27.1. The molecule has 0 bridgehead atoms. The highest BCUT2D eigenvalue weighted by atomic mass is 31.3. The van der Waals surface area contributed by atoms with Crippen LogP contribution in [0.25, 0.3) is 11.2 Å². The molecule has 18 nitrogen and oxygen atoms in total. The summed E-state index contributed by atoms with van der Waals surface area (Å²) in [6.07, 6.45) is -0.918. The van der Waals surface area contributed by atoms with Crippen LogP contribution in [-0.4, -0.2) is 74.2 Å². The predicted molar refractivity (Wildman–Crippen MR) is 118 cm³/mol. The van der Waals surface area contributed by atoms with Crippen molar-refractivity contribution in [1.82, 2.24) is 19.5 Å². The van der Waals surface area contributed by atoms with Gasteiger partial charge in [-0.1, -0.05) is 11.6 Å². The van der Waals surface area contributed by atoms with E-state index in [0.29, 0.717) is 0 Å². The number of nitrogens with two attached hydrogens (primary N) is 1. The smallest absolute Gasteiger partial charge is 0.387 e. The fraction of sp³-hybridized carbons (Fsp3) is 0.533. The summed E-state index contributed by atoms with van der Waals surface area (Å²) in [7, 11) is -16.8. The van der Waals surface area contributed by atoms with E-state index in [9.17, 15) is 33.7 Å². The van der Waals surface area contributed by atoms with Crippen molar-refractivity contribution in [1.29, 1.82) is 0 Å².